The van der Waals surface area contributed by atoms with Crippen molar-refractivity contribution >= 4 is 46.1 Å². The lowest BCUT2D eigenvalue weighted by atomic mass is 10.1. The van der Waals surface area contributed by atoms with Gasteiger partial charge in [-0.1, -0.05) is 12.1 Å². The number of benzene rings is 2. The molecular weight excluding hydrogens is 488 g/mol. The Balaban J connectivity index is 1.80. The summed E-state index contributed by atoms with van der Waals surface area (Å²) in [6.45, 7) is 5.23. The van der Waals surface area contributed by atoms with Gasteiger partial charge in [-0.05, 0) is 56.1 Å². The van der Waals surface area contributed by atoms with Crippen LogP contribution in [0, 0.1) is 0 Å². The summed E-state index contributed by atoms with van der Waals surface area (Å²) >= 11 is 6.14. The number of ether oxygens (including phenoxy) is 4. The zero-order valence-electron chi connectivity index (χ0n) is 21.0. The average molecular weight is 517 g/mol. The van der Waals surface area contributed by atoms with E-state index in [0.29, 0.717) is 28.2 Å². The molecule has 1 aromatic heterocycles. The number of anilines is 2. The van der Waals surface area contributed by atoms with Crippen LogP contribution >= 0.6 is 11.6 Å². The van der Waals surface area contributed by atoms with Crippen LogP contribution in [0.25, 0.3) is 10.9 Å². The highest BCUT2D eigenvalue weighted by Gasteiger charge is 2.25. The molecule has 0 radical (unpaired) electrons. The van der Waals surface area contributed by atoms with Crippen molar-refractivity contribution in [3.8, 4) is 11.5 Å². The quantitative estimate of drug-likeness (QED) is 0.325. The number of alkyl carbamates (subject to hydrolysis) is 1. The van der Waals surface area contributed by atoms with Gasteiger partial charge in [0.1, 0.15) is 17.5 Å². The van der Waals surface area contributed by atoms with Crippen LogP contribution in [-0.2, 0) is 20.7 Å². The number of amides is 1. The van der Waals surface area contributed by atoms with E-state index in [2.05, 4.69) is 20.6 Å². The number of carbonyl (C=O) groups excluding carboxylic acids is 2. The monoisotopic (exact) mass is 516 g/mol. The van der Waals surface area contributed by atoms with Crippen molar-refractivity contribution in [2.75, 3.05) is 26.6 Å². The maximum atomic E-state index is 12.2. The van der Waals surface area contributed by atoms with Crippen molar-refractivity contribution < 1.29 is 28.5 Å². The highest BCUT2D eigenvalue weighted by Crippen LogP contribution is 2.35. The van der Waals surface area contributed by atoms with Gasteiger partial charge < -0.3 is 29.6 Å². The van der Waals surface area contributed by atoms with Gasteiger partial charge in [0.15, 0.2) is 11.5 Å². The fraction of sp³-hybridized carbons (Fsp3) is 0.360. The fourth-order valence-electron chi connectivity index (χ4n) is 3.40. The molecule has 2 N–H and O–H groups in total. The van der Waals surface area contributed by atoms with Crippen molar-refractivity contribution in [3.63, 3.8) is 0 Å². The molecule has 1 heterocycles. The molecule has 3 rings (SSSR count). The Kier molecular flexibility index (Phi) is 8.41. The summed E-state index contributed by atoms with van der Waals surface area (Å²) in [7, 11) is 4.35. The summed E-state index contributed by atoms with van der Waals surface area (Å²) in [6, 6.07) is 9.87. The minimum Gasteiger partial charge on any atom is -0.493 e. The van der Waals surface area contributed by atoms with Crippen molar-refractivity contribution in [1.82, 2.24) is 15.3 Å². The Morgan fingerprint density at radius 2 is 1.64 bits per heavy atom. The lowest BCUT2D eigenvalue weighted by molar-refractivity contribution is -0.143. The van der Waals surface area contributed by atoms with E-state index in [4.69, 9.17) is 30.5 Å². The minimum atomic E-state index is -0.907. The molecule has 0 aliphatic rings. The van der Waals surface area contributed by atoms with Gasteiger partial charge in [0.2, 0.25) is 5.28 Å². The first-order valence-corrected chi connectivity index (χ1v) is 11.4. The van der Waals surface area contributed by atoms with E-state index in [0.717, 1.165) is 11.3 Å². The van der Waals surface area contributed by atoms with Gasteiger partial charge in [0.25, 0.3) is 0 Å². The standard InChI is InChI=1S/C25H29ClN4O6/c1-25(2,3)36-24(32)29-18(22(31)35-6)11-14-7-9-15(10-8-14)27-21-16-12-19(33-4)20(34-5)13-17(16)28-23(26)30-21/h7-10,12-13,18H,11H2,1-6H3,(H,29,32)(H,27,28,30)/t18-/m0/s1. The zero-order valence-corrected chi connectivity index (χ0v) is 21.7. The van der Waals surface area contributed by atoms with E-state index in [1.54, 1.807) is 47.1 Å². The molecule has 0 saturated heterocycles. The predicted molar refractivity (Wildman–Crippen MR) is 136 cm³/mol. The highest BCUT2D eigenvalue weighted by molar-refractivity contribution is 6.28. The van der Waals surface area contributed by atoms with Gasteiger partial charge in [-0.2, -0.15) is 4.98 Å². The second-order valence-corrected chi connectivity index (χ2v) is 9.15. The molecule has 2 aromatic carbocycles. The first kappa shape index (κ1) is 26.8. The van der Waals surface area contributed by atoms with Crippen molar-refractivity contribution in [2.45, 2.75) is 38.8 Å². The molecule has 11 heteroatoms. The summed E-state index contributed by atoms with van der Waals surface area (Å²) in [4.78, 5) is 33.0. The van der Waals surface area contributed by atoms with Gasteiger partial charge in [0.05, 0.1) is 26.8 Å². The molecule has 0 fully saturated rings. The number of esters is 1. The van der Waals surface area contributed by atoms with Crippen LogP contribution in [0.5, 0.6) is 11.5 Å². The third-order valence-electron chi connectivity index (χ3n) is 5.01. The molecule has 0 unspecified atom stereocenters. The molecule has 1 atom stereocenters. The number of aromatic nitrogens is 2. The van der Waals surface area contributed by atoms with Crippen LogP contribution in [0.4, 0.5) is 16.3 Å². The topological polar surface area (TPSA) is 121 Å². The third-order valence-corrected chi connectivity index (χ3v) is 5.18. The molecule has 36 heavy (non-hydrogen) atoms. The summed E-state index contributed by atoms with van der Waals surface area (Å²) in [6.07, 6.45) is -0.485. The molecule has 0 saturated carbocycles. The highest BCUT2D eigenvalue weighted by atomic mass is 35.5. The van der Waals surface area contributed by atoms with Crippen molar-refractivity contribution in [2.24, 2.45) is 0 Å². The molecule has 0 bridgehead atoms. The van der Waals surface area contributed by atoms with E-state index in [9.17, 15) is 9.59 Å². The van der Waals surface area contributed by atoms with Gasteiger partial charge in [-0.25, -0.2) is 14.6 Å². The Morgan fingerprint density at radius 1 is 1.00 bits per heavy atom. The van der Waals surface area contributed by atoms with E-state index < -0.39 is 23.7 Å². The molecule has 0 aliphatic carbocycles. The first-order valence-electron chi connectivity index (χ1n) is 11.1. The summed E-state index contributed by atoms with van der Waals surface area (Å²) in [5, 5.41) is 6.56. The number of methoxy groups -OCH3 is 3. The number of hydrogen-bond donors (Lipinski definition) is 2. The van der Waals surface area contributed by atoms with Crippen molar-refractivity contribution in [3.05, 3.63) is 47.2 Å². The molecule has 3 aromatic rings. The van der Waals surface area contributed by atoms with Crippen LogP contribution in [0.15, 0.2) is 36.4 Å². The van der Waals surface area contributed by atoms with Gasteiger partial charge in [-0.3, -0.25) is 0 Å². The van der Waals surface area contributed by atoms with E-state index in [-0.39, 0.29) is 11.7 Å². The van der Waals surface area contributed by atoms with Gasteiger partial charge in [-0.15, -0.1) is 0 Å². The largest absolute Gasteiger partial charge is 0.493 e. The maximum absolute atomic E-state index is 12.2. The van der Waals surface area contributed by atoms with Crippen LogP contribution in [-0.4, -0.2) is 55.0 Å². The Labute approximate surface area is 214 Å². The molecule has 0 aliphatic heterocycles. The zero-order chi connectivity index (χ0) is 26.5. The number of fused-ring (bicyclic) bond motifs is 1. The molecule has 0 spiro atoms. The van der Waals surface area contributed by atoms with Gasteiger partial charge >= 0.3 is 12.1 Å². The van der Waals surface area contributed by atoms with Crippen LogP contribution in [0.2, 0.25) is 5.28 Å². The Hall–Kier alpha value is -3.79. The summed E-state index contributed by atoms with van der Waals surface area (Å²) in [5.41, 5.74) is 1.41. The summed E-state index contributed by atoms with van der Waals surface area (Å²) in [5.74, 6) is 0.961. The van der Waals surface area contributed by atoms with Crippen molar-refractivity contribution in [1.29, 1.82) is 0 Å². The van der Waals surface area contributed by atoms with Crippen LogP contribution in [0.1, 0.15) is 26.3 Å². The number of hydrogen-bond acceptors (Lipinski definition) is 9. The second kappa shape index (κ2) is 11.3. The number of nitrogens with zero attached hydrogens (tertiary/aromatic N) is 2. The van der Waals surface area contributed by atoms with E-state index in [1.165, 1.54) is 7.11 Å². The SMILES string of the molecule is COC(=O)[C@H](Cc1ccc(Nc2nc(Cl)nc3cc(OC)c(OC)cc23)cc1)NC(=O)OC(C)(C)C. The normalized spacial score (nSPS) is 12.0. The molecule has 1 amide bonds. The van der Waals surface area contributed by atoms with Crippen LogP contribution < -0.4 is 20.1 Å². The Morgan fingerprint density at radius 3 is 2.22 bits per heavy atom. The second-order valence-electron chi connectivity index (χ2n) is 8.81. The van der Waals surface area contributed by atoms with E-state index in [1.807, 2.05) is 24.3 Å². The molecule has 10 nitrogen and oxygen atoms in total. The number of carbonyl (C=O) groups is 2. The first-order chi connectivity index (χ1) is 17.0. The molecular formula is C25H29ClN4O6. The lowest BCUT2D eigenvalue weighted by Gasteiger charge is -2.22. The van der Waals surface area contributed by atoms with Crippen LogP contribution in [0.3, 0.4) is 0 Å². The maximum Gasteiger partial charge on any atom is 0.408 e. The number of rotatable bonds is 8. The minimum absolute atomic E-state index is 0.0722. The Bertz CT molecular complexity index is 1240. The smallest absolute Gasteiger partial charge is 0.408 e. The predicted octanol–water partition coefficient (Wildman–Crippen LogP) is 4.65. The fourth-order valence-corrected chi connectivity index (χ4v) is 3.58. The third kappa shape index (κ3) is 6.88. The molecule has 192 valence electrons. The lowest BCUT2D eigenvalue weighted by Crippen LogP contribution is -2.45. The number of nitrogens with one attached hydrogen (secondary N) is 2. The average Bonchev–Trinajstić information content (AvgIpc) is 2.82. The van der Waals surface area contributed by atoms with E-state index >= 15 is 0 Å². The van der Waals surface area contributed by atoms with Gasteiger partial charge in [0, 0.05) is 23.6 Å². The summed E-state index contributed by atoms with van der Waals surface area (Å²) < 4.78 is 20.8. The number of halogens is 1.